The number of aromatic carboxylic acids is 1. The van der Waals surface area contributed by atoms with E-state index in [9.17, 15) is 9.90 Å². The zero-order chi connectivity index (χ0) is 16.4. The lowest BCUT2D eigenvalue weighted by molar-refractivity contribution is 0.0695. The minimum absolute atomic E-state index is 0.504. The Bertz CT molecular complexity index is 451. The predicted octanol–water partition coefficient (Wildman–Crippen LogP) is 5.88. The largest absolute Gasteiger partial charge is 0.478 e. The van der Waals surface area contributed by atoms with E-state index in [0.717, 1.165) is 31.2 Å². The van der Waals surface area contributed by atoms with Crippen molar-refractivity contribution >= 4 is 5.97 Å². The molecule has 1 unspecified atom stereocenters. The molecule has 0 aliphatic heterocycles. The number of carboxylic acids is 1. The maximum absolute atomic E-state index is 11.5. The van der Waals surface area contributed by atoms with Gasteiger partial charge in [-0.05, 0) is 42.4 Å². The molecule has 1 rings (SSSR count). The van der Waals surface area contributed by atoms with E-state index in [1.54, 1.807) is 6.07 Å². The normalized spacial score (nSPS) is 12.3. The van der Waals surface area contributed by atoms with Crippen LogP contribution in [0.5, 0.6) is 0 Å². The van der Waals surface area contributed by atoms with E-state index in [1.165, 1.54) is 37.7 Å². The molecule has 0 bridgehead atoms. The molecule has 0 heterocycles. The molecule has 0 radical (unpaired) electrons. The van der Waals surface area contributed by atoms with E-state index >= 15 is 0 Å². The second kappa shape index (κ2) is 10.4. The highest BCUT2D eigenvalue weighted by Gasteiger charge is 2.15. The van der Waals surface area contributed by atoms with Crippen molar-refractivity contribution in [2.24, 2.45) is 5.92 Å². The van der Waals surface area contributed by atoms with Crippen LogP contribution in [0.1, 0.15) is 87.2 Å². The number of hydrogen-bond donors (Lipinski definition) is 1. The monoisotopic (exact) mass is 304 g/mol. The van der Waals surface area contributed by atoms with Gasteiger partial charge in [-0.2, -0.15) is 0 Å². The van der Waals surface area contributed by atoms with Gasteiger partial charge in [0.15, 0.2) is 0 Å². The van der Waals surface area contributed by atoms with Crippen LogP contribution in [0.4, 0.5) is 0 Å². The van der Waals surface area contributed by atoms with E-state index in [2.05, 4.69) is 26.8 Å². The fourth-order valence-electron chi connectivity index (χ4n) is 3.07. The van der Waals surface area contributed by atoms with E-state index in [-0.39, 0.29) is 0 Å². The van der Waals surface area contributed by atoms with Gasteiger partial charge in [-0.15, -0.1) is 0 Å². The predicted molar refractivity (Wildman–Crippen MR) is 93.6 cm³/mol. The lowest BCUT2D eigenvalue weighted by atomic mass is 9.89. The van der Waals surface area contributed by atoms with Gasteiger partial charge in [-0.25, -0.2) is 4.79 Å². The third-order valence-electron chi connectivity index (χ3n) is 4.40. The summed E-state index contributed by atoms with van der Waals surface area (Å²) in [5.74, 6) is -0.162. The molecule has 0 aliphatic rings. The molecule has 1 aromatic carbocycles. The molecule has 1 N–H and O–H groups in total. The average Bonchev–Trinajstić information content (AvgIpc) is 2.50. The van der Waals surface area contributed by atoms with Crippen LogP contribution in [0, 0.1) is 5.92 Å². The second-order valence-corrected chi connectivity index (χ2v) is 6.51. The summed E-state index contributed by atoms with van der Waals surface area (Å²) in [6.07, 6.45) is 10.5. The third kappa shape index (κ3) is 6.21. The molecular weight excluding hydrogens is 272 g/mol. The van der Waals surface area contributed by atoms with E-state index in [1.807, 2.05) is 6.07 Å². The fourth-order valence-corrected chi connectivity index (χ4v) is 3.07. The summed E-state index contributed by atoms with van der Waals surface area (Å²) in [5.41, 5.74) is 2.82. The molecule has 2 nitrogen and oxygen atoms in total. The molecule has 0 saturated carbocycles. The van der Waals surface area contributed by atoms with Crippen LogP contribution >= 0.6 is 0 Å². The summed E-state index contributed by atoms with van der Waals surface area (Å²) in [5, 5.41) is 9.42. The molecule has 0 aromatic heterocycles. The van der Waals surface area contributed by atoms with Crippen LogP contribution < -0.4 is 0 Å². The Morgan fingerprint density at radius 1 is 1.09 bits per heavy atom. The zero-order valence-corrected chi connectivity index (χ0v) is 14.5. The van der Waals surface area contributed by atoms with Gasteiger partial charge in [0.1, 0.15) is 0 Å². The van der Waals surface area contributed by atoms with Crippen LogP contribution in [-0.2, 0) is 12.8 Å². The summed E-state index contributed by atoms with van der Waals surface area (Å²) in [6.45, 7) is 6.68. The maximum Gasteiger partial charge on any atom is 0.335 e. The van der Waals surface area contributed by atoms with Gasteiger partial charge >= 0.3 is 5.97 Å². The number of carboxylic acid groups (broad SMARTS) is 1. The van der Waals surface area contributed by atoms with Gasteiger partial charge in [0.05, 0.1) is 5.56 Å². The number of hydrogen-bond acceptors (Lipinski definition) is 1. The Morgan fingerprint density at radius 2 is 1.82 bits per heavy atom. The summed E-state index contributed by atoms with van der Waals surface area (Å²) in [4.78, 5) is 11.5. The van der Waals surface area contributed by atoms with Gasteiger partial charge in [-0.3, -0.25) is 0 Å². The highest BCUT2D eigenvalue weighted by Crippen LogP contribution is 2.23. The number of rotatable bonds is 11. The first-order valence-corrected chi connectivity index (χ1v) is 8.94. The van der Waals surface area contributed by atoms with Crippen molar-refractivity contribution in [1.29, 1.82) is 0 Å². The first kappa shape index (κ1) is 18.7. The minimum Gasteiger partial charge on any atom is -0.478 e. The highest BCUT2D eigenvalue weighted by molar-refractivity contribution is 5.89. The van der Waals surface area contributed by atoms with Crippen molar-refractivity contribution in [3.8, 4) is 0 Å². The summed E-state index contributed by atoms with van der Waals surface area (Å²) < 4.78 is 0. The van der Waals surface area contributed by atoms with Gasteiger partial charge in [-0.1, -0.05) is 71.4 Å². The van der Waals surface area contributed by atoms with E-state index in [0.29, 0.717) is 11.5 Å². The lowest BCUT2D eigenvalue weighted by Crippen LogP contribution is -2.09. The molecule has 22 heavy (non-hydrogen) atoms. The van der Waals surface area contributed by atoms with Crippen molar-refractivity contribution in [3.63, 3.8) is 0 Å². The van der Waals surface area contributed by atoms with Gasteiger partial charge in [0.2, 0.25) is 0 Å². The molecule has 0 amide bonds. The quantitative estimate of drug-likeness (QED) is 0.519. The third-order valence-corrected chi connectivity index (χ3v) is 4.40. The first-order chi connectivity index (χ1) is 10.6. The van der Waals surface area contributed by atoms with Crippen LogP contribution in [0.3, 0.4) is 0 Å². The molecule has 1 aromatic rings. The average molecular weight is 304 g/mol. The Hall–Kier alpha value is -1.31. The molecule has 0 fully saturated rings. The van der Waals surface area contributed by atoms with Crippen molar-refractivity contribution < 1.29 is 9.90 Å². The SMILES string of the molecule is CCCCCCC(C)Cc1cccc(C(=O)O)c1CCCC. The molecule has 0 spiro atoms. The molecule has 124 valence electrons. The molecule has 2 heteroatoms. The van der Waals surface area contributed by atoms with Crippen LogP contribution in [0.15, 0.2) is 18.2 Å². The van der Waals surface area contributed by atoms with Crippen molar-refractivity contribution in [2.45, 2.75) is 78.6 Å². The Kier molecular flexibility index (Phi) is 8.88. The van der Waals surface area contributed by atoms with Crippen LogP contribution in [0.2, 0.25) is 0 Å². The highest BCUT2D eigenvalue weighted by atomic mass is 16.4. The molecule has 0 aliphatic carbocycles. The number of carbonyl (C=O) groups is 1. The van der Waals surface area contributed by atoms with Gasteiger partial charge < -0.3 is 5.11 Å². The number of unbranched alkanes of at least 4 members (excludes halogenated alkanes) is 4. The van der Waals surface area contributed by atoms with Crippen molar-refractivity contribution in [2.75, 3.05) is 0 Å². The molecule has 0 saturated heterocycles. The topological polar surface area (TPSA) is 37.3 Å². The zero-order valence-electron chi connectivity index (χ0n) is 14.5. The van der Waals surface area contributed by atoms with Gasteiger partial charge in [0, 0.05) is 0 Å². The van der Waals surface area contributed by atoms with Crippen LogP contribution in [-0.4, -0.2) is 11.1 Å². The van der Waals surface area contributed by atoms with E-state index < -0.39 is 5.97 Å². The summed E-state index contributed by atoms with van der Waals surface area (Å²) >= 11 is 0. The van der Waals surface area contributed by atoms with Crippen LogP contribution in [0.25, 0.3) is 0 Å². The smallest absolute Gasteiger partial charge is 0.335 e. The minimum atomic E-state index is -0.788. The van der Waals surface area contributed by atoms with Crippen molar-refractivity contribution in [1.82, 2.24) is 0 Å². The lowest BCUT2D eigenvalue weighted by Gasteiger charge is -2.16. The summed E-state index contributed by atoms with van der Waals surface area (Å²) in [7, 11) is 0. The van der Waals surface area contributed by atoms with Crippen molar-refractivity contribution in [3.05, 3.63) is 34.9 Å². The standard InChI is InChI=1S/C20H32O2/c1-4-6-8-9-11-16(3)15-17-12-10-14-19(20(21)22)18(17)13-7-5-2/h10,12,14,16H,4-9,11,13,15H2,1-3H3,(H,21,22). The fraction of sp³-hybridized carbons (Fsp3) is 0.650. The maximum atomic E-state index is 11.5. The number of benzene rings is 1. The molecular formula is C20H32O2. The Morgan fingerprint density at radius 3 is 2.45 bits per heavy atom. The Balaban J connectivity index is 2.75. The van der Waals surface area contributed by atoms with Gasteiger partial charge in [0.25, 0.3) is 0 Å². The first-order valence-electron chi connectivity index (χ1n) is 8.94. The summed E-state index contributed by atoms with van der Waals surface area (Å²) in [6, 6.07) is 5.78. The second-order valence-electron chi connectivity index (χ2n) is 6.51. The molecule has 1 atom stereocenters. The Labute approximate surface area is 135 Å². The van der Waals surface area contributed by atoms with E-state index in [4.69, 9.17) is 0 Å².